The Kier molecular flexibility index (Phi) is 4.83. The molecule has 0 aliphatic rings. The van der Waals surface area contributed by atoms with E-state index in [1.165, 1.54) is 6.92 Å². The molecule has 84 valence electrons. The fourth-order valence-corrected chi connectivity index (χ4v) is 1.23. The SMILES string of the molecule is CC(=O)SCCCC(F)(F)C(F)(F)F. The van der Waals surface area contributed by atoms with E-state index in [2.05, 4.69) is 0 Å². The molecule has 0 aromatic rings. The first-order valence-electron chi connectivity index (χ1n) is 3.75. The smallest absolute Gasteiger partial charge is 0.288 e. The summed E-state index contributed by atoms with van der Waals surface area (Å²) in [5.41, 5.74) is 0. The average molecular weight is 236 g/mol. The lowest BCUT2D eigenvalue weighted by atomic mass is 10.2. The minimum atomic E-state index is -5.49. The number of carbonyl (C=O) groups is 1. The van der Waals surface area contributed by atoms with Gasteiger partial charge in [-0.15, -0.1) is 0 Å². The van der Waals surface area contributed by atoms with Gasteiger partial charge in [0, 0.05) is 19.1 Å². The van der Waals surface area contributed by atoms with Crippen LogP contribution in [0.5, 0.6) is 0 Å². The third-order valence-corrected chi connectivity index (χ3v) is 2.25. The van der Waals surface area contributed by atoms with E-state index in [0.29, 0.717) is 0 Å². The van der Waals surface area contributed by atoms with Gasteiger partial charge in [0.15, 0.2) is 5.12 Å². The highest BCUT2D eigenvalue weighted by atomic mass is 32.2. The van der Waals surface area contributed by atoms with Crippen LogP contribution in [0.4, 0.5) is 22.0 Å². The predicted molar refractivity (Wildman–Crippen MR) is 43.4 cm³/mol. The van der Waals surface area contributed by atoms with Crippen LogP contribution in [0.2, 0.25) is 0 Å². The molecule has 0 aliphatic heterocycles. The van der Waals surface area contributed by atoms with Gasteiger partial charge in [0.1, 0.15) is 0 Å². The molecule has 0 N–H and O–H groups in total. The molecule has 0 aromatic heterocycles. The van der Waals surface area contributed by atoms with Crippen molar-refractivity contribution in [1.29, 1.82) is 0 Å². The average Bonchev–Trinajstić information content (AvgIpc) is 1.95. The Morgan fingerprint density at radius 1 is 1.21 bits per heavy atom. The van der Waals surface area contributed by atoms with E-state index in [-0.39, 0.29) is 17.3 Å². The van der Waals surface area contributed by atoms with Gasteiger partial charge in [0.2, 0.25) is 0 Å². The van der Waals surface area contributed by atoms with Crippen LogP contribution in [0, 0.1) is 0 Å². The summed E-state index contributed by atoms with van der Waals surface area (Å²) in [5.74, 6) is -4.66. The number of alkyl halides is 5. The van der Waals surface area contributed by atoms with Gasteiger partial charge in [-0.25, -0.2) is 0 Å². The van der Waals surface area contributed by atoms with Crippen LogP contribution >= 0.6 is 11.8 Å². The quantitative estimate of drug-likeness (QED) is 0.550. The summed E-state index contributed by atoms with van der Waals surface area (Å²) in [6.07, 6.45) is -7.10. The van der Waals surface area contributed by atoms with Crippen molar-refractivity contribution in [2.75, 3.05) is 5.75 Å². The summed E-state index contributed by atoms with van der Waals surface area (Å²) >= 11 is 0.743. The molecule has 14 heavy (non-hydrogen) atoms. The number of carbonyl (C=O) groups excluding carboxylic acids is 1. The normalized spacial score (nSPS) is 13.0. The maximum atomic E-state index is 12.2. The summed E-state index contributed by atoms with van der Waals surface area (Å²) in [5, 5.41) is -0.291. The number of halogens is 5. The van der Waals surface area contributed by atoms with Gasteiger partial charge in [0.05, 0.1) is 0 Å². The highest BCUT2D eigenvalue weighted by Crippen LogP contribution is 2.38. The molecule has 0 atom stereocenters. The van der Waals surface area contributed by atoms with Crippen LogP contribution in [0.3, 0.4) is 0 Å². The Balaban J connectivity index is 3.83. The molecule has 0 heterocycles. The Hall–Kier alpha value is -0.330. The Labute approximate surface area is 82.0 Å². The first kappa shape index (κ1) is 13.7. The van der Waals surface area contributed by atoms with Crippen molar-refractivity contribution in [3.8, 4) is 0 Å². The largest absolute Gasteiger partial charge is 0.453 e. The second kappa shape index (κ2) is 4.95. The third kappa shape index (κ3) is 4.78. The molecule has 0 rings (SSSR count). The third-order valence-electron chi connectivity index (χ3n) is 1.36. The highest BCUT2D eigenvalue weighted by molar-refractivity contribution is 8.13. The minimum Gasteiger partial charge on any atom is -0.288 e. The van der Waals surface area contributed by atoms with Crippen LogP contribution < -0.4 is 0 Å². The van der Waals surface area contributed by atoms with Crippen molar-refractivity contribution < 1.29 is 26.7 Å². The second-order valence-electron chi connectivity index (χ2n) is 2.65. The maximum Gasteiger partial charge on any atom is 0.453 e. The van der Waals surface area contributed by atoms with E-state index in [1.54, 1.807) is 0 Å². The Morgan fingerprint density at radius 2 is 1.71 bits per heavy atom. The van der Waals surface area contributed by atoms with Crippen LogP contribution in [0.25, 0.3) is 0 Å². The van der Waals surface area contributed by atoms with E-state index in [0.717, 1.165) is 11.8 Å². The van der Waals surface area contributed by atoms with Gasteiger partial charge in [0.25, 0.3) is 0 Å². The molecule has 0 fully saturated rings. The molecular weight excluding hydrogens is 227 g/mol. The Bertz CT molecular complexity index is 201. The van der Waals surface area contributed by atoms with E-state index in [4.69, 9.17) is 0 Å². The fraction of sp³-hybridized carbons (Fsp3) is 0.857. The molecule has 7 heteroatoms. The first-order valence-corrected chi connectivity index (χ1v) is 4.73. The summed E-state index contributed by atoms with van der Waals surface area (Å²) in [7, 11) is 0. The molecule has 0 saturated heterocycles. The van der Waals surface area contributed by atoms with Gasteiger partial charge < -0.3 is 0 Å². The molecule has 1 nitrogen and oxygen atoms in total. The number of hydrogen-bond acceptors (Lipinski definition) is 2. The van der Waals surface area contributed by atoms with Crippen LogP contribution in [0.15, 0.2) is 0 Å². The van der Waals surface area contributed by atoms with Crippen molar-refractivity contribution >= 4 is 16.9 Å². The highest BCUT2D eigenvalue weighted by Gasteiger charge is 2.56. The summed E-state index contributed by atoms with van der Waals surface area (Å²) in [6, 6.07) is 0. The van der Waals surface area contributed by atoms with E-state index >= 15 is 0 Å². The van der Waals surface area contributed by atoms with E-state index < -0.39 is 18.5 Å². The summed E-state index contributed by atoms with van der Waals surface area (Å²) in [4.78, 5) is 10.3. The zero-order valence-electron chi connectivity index (χ0n) is 7.33. The van der Waals surface area contributed by atoms with E-state index in [9.17, 15) is 26.7 Å². The maximum absolute atomic E-state index is 12.2. The molecule has 0 bridgehead atoms. The van der Waals surface area contributed by atoms with Gasteiger partial charge >= 0.3 is 12.1 Å². The van der Waals surface area contributed by atoms with Crippen molar-refractivity contribution in [1.82, 2.24) is 0 Å². The van der Waals surface area contributed by atoms with Crippen LogP contribution in [-0.4, -0.2) is 23.0 Å². The zero-order valence-corrected chi connectivity index (χ0v) is 8.14. The van der Waals surface area contributed by atoms with Gasteiger partial charge in [-0.3, -0.25) is 4.79 Å². The van der Waals surface area contributed by atoms with Crippen molar-refractivity contribution in [3.05, 3.63) is 0 Å². The van der Waals surface area contributed by atoms with Crippen LogP contribution in [-0.2, 0) is 4.79 Å². The van der Waals surface area contributed by atoms with E-state index in [1.807, 2.05) is 0 Å². The molecule has 0 radical (unpaired) electrons. The molecule has 0 saturated carbocycles. The summed E-state index contributed by atoms with van der Waals surface area (Å²) in [6.45, 7) is 1.23. The topological polar surface area (TPSA) is 17.1 Å². The second-order valence-corrected chi connectivity index (χ2v) is 3.92. The number of rotatable bonds is 4. The lowest BCUT2D eigenvalue weighted by Gasteiger charge is -2.18. The minimum absolute atomic E-state index is 0.0129. The first-order chi connectivity index (χ1) is 6.17. The number of thioether (sulfide) groups is 1. The van der Waals surface area contributed by atoms with Crippen molar-refractivity contribution in [3.63, 3.8) is 0 Å². The van der Waals surface area contributed by atoms with Gasteiger partial charge in [-0.2, -0.15) is 22.0 Å². The van der Waals surface area contributed by atoms with Gasteiger partial charge in [-0.05, 0) is 6.42 Å². The zero-order chi connectivity index (χ0) is 11.4. The van der Waals surface area contributed by atoms with Crippen LogP contribution in [0.1, 0.15) is 19.8 Å². The lowest BCUT2D eigenvalue weighted by molar-refractivity contribution is -0.284. The summed E-state index contributed by atoms with van der Waals surface area (Å²) < 4.78 is 59.3. The standard InChI is InChI=1S/C7H9F5OS/c1-5(13)14-4-2-3-6(8,9)7(10,11)12/h2-4H2,1H3. The van der Waals surface area contributed by atoms with Crippen molar-refractivity contribution in [2.24, 2.45) is 0 Å². The molecule has 0 amide bonds. The lowest BCUT2D eigenvalue weighted by Crippen LogP contribution is -2.36. The molecular formula is C7H9F5OS. The monoisotopic (exact) mass is 236 g/mol. The molecule has 0 aromatic carbocycles. The number of hydrogen-bond donors (Lipinski definition) is 0. The van der Waals surface area contributed by atoms with Crippen molar-refractivity contribution in [2.45, 2.75) is 31.9 Å². The Morgan fingerprint density at radius 3 is 2.07 bits per heavy atom. The molecule has 0 spiro atoms. The fourth-order valence-electron chi connectivity index (χ4n) is 0.652. The molecule has 0 unspecified atom stereocenters. The molecule has 0 aliphatic carbocycles. The van der Waals surface area contributed by atoms with Gasteiger partial charge in [-0.1, -0.05) is 11.8 Å². The predicted octanol–water partition coefficient (Wildman–Crippen LogP) is 3.24.